The topological polar surface area (TPSA) is 89.4 Å². The Morgan fingerprint density at radius 1 is 0.962 bits per heavy atom. The molecular weight excluding hydrogens is 330 g/mol. The van der Waals surface area contributed by atoms with Gasteiger partial charge in [-0.05, 0) is 44.4 Å². The van der Waals surface area contributed by atoms with Gasteiger partial charge in [0.05, 0.1) is 11.1 Å². The maximum Gasteiger partial charge on any atom is 0.119 e. The summed E-state index contributed by atoms with van der Waals surface area (Å²) >= 11 is 0. The first-order valence-corrected chi connectivity index (χ1v) is 9.02. The van der Waals surface area contributed by atoms with E-state index in [4.69, 9.17) is 0 Å². The maximum absolute atomic E-state index is 4.10. The predicted octanol–water partition coefficient (Wildman–Crippen LogP) is 1.27. The summed E-state index contributed by atoms with van der Waals surface area (Å²) in [6.07, 6.45) is 16.0. The number of aromatic nitrogens is 6. The predicted molar refractivity (Wildman–Crippen MR) is 95.7 cm³/mol. The summed E-state index contributed by atoms with van der Waals surface area (Å²) in [6, 6.07) is 0. The van der Waals surface area contributed by atoms with Crippen LogP contribution in [0.25, 0.3) is 0 Å². The fourth-order valence-corrected chi connectivity index (χ4v) is 6.38. The van der Waals surface area contributed by atoms with Crippen LogP contribution in [0.1, 0.15) is 38.5 Å². The van der Waals surface area contributed by atoms with Crippen LogP contribution in [0.15, 0.2) is 35.5 Å². The van der Waals surface area contributed by atoms with Gasteiger partial charge in [0, 0.05) is 19.3 Å². The van der Waals surface area contributed by atoms with Crippen molar-refractivity contribution in [3.05, 3.63) is 25.3 Å². The van der Waals surface area contributed by atoms with Crippen LogP contribution >= 0.6 is 0 Å². The van der Waals surface area contributed by atoms with Crippen LogP contribution in [0.4, 0.5) is 0 Å². The normalized spacial score (nSPS) is 38.1. The molecule has 0 amide bonds. The minimum absolute atomic E-state index is 0.0108. The molecule has 0 aromatic carbocycles. The van der Waals surface area contributed by atoms with E-state index in [1.807, 2.05) is 31.6 Å². The smallest absolute Gasteiger partial charge is 0.119 e. The zero-order valence-corrected chi connectivity index (χ0v) is 14.9. The van der Waals surface area contributed by atoms with Crippen LogP contribution in [-0.4, -0.2) is 60.1 Å². The Hall–Kier alpha value is -2.58. The minimum Gasteiger partial charge on any atom is -0.358 e. The highest BCUT2D eigenvalue weighted by Gasteiger charge is 2.65. The molecule has 0 N–H and O–H groups in total. The molecule has 0 saturated heterocycles. The quantitative estimate of drug-likeness (QED) is 0.459. The van der Waals surface area contributed by atoms with Crippen molar-refractivity contribution in [1.82, 2.24) is 34.4 Å². The molecule has 2 aromatic heterocycles. The van der Waals surface area contributed by atoms with E-state index >= 15 is 0 Å². The fourth-order valence-electron chi connectivity index (χ4n) is 6.38. The van der Waals surface area contributed by atoms with Gasteiger partial charge in [0.15, 0.2) is 0 Å². The third kappa shape index (κ3) is 2.02. The van der Waals surface area contributed by atoms with Crippen molar-refractivity contribution in [3.8, 4) is 0 Å². The van der Waals surface area contributed by atoms with Gasteiger partial charge in [-0.2, -0.15) is 5.10 Å². The fraction of sp³-hybridized carbons (Fsp3) is 0.647. The zero-order valence-electron chi connectivity index (χ0n) is 14.9. The lowest BCUT2D eigenvalue weighted by Gasteiger charge is -2.68. The SMILES string of the molecule is C=N/N=C\N(C)C12CC3CC(n4cnnc4)(C1)CC(n1cnnc1)(C3)C2. The molecule has 4 aliphatic rings. The lowest BCUT2D eigenvalue weighted by molar-refractivity contribution is -0.138. The molecule has 2 aromatic rings. The van der Waals surface area contributed by atoms with Gasteiger partial charge in [-0.1, -0.05) is 0 Å². The Kier molecular flexibility index (Phi) is 3.14. The Balaban J connectivity index is 1.65. The van der Waals surface area contributed by atoms with Gasteiger partial charge in [0.1, 0.15) is 31.6 Å². The van der Waals surface area contributed by atoms with Crippen molar-refractivity contribution < 1.29 is 0 Å². The van der Waals surface area contributed by atoms with E-state index in [9.17, 15) is 0 Å². The van der Waals surface area contributed by atoms with E-state index in [1.165, 1.54) is 19.3 Å². The van der Waals surface area contributed by atoms with Crippen LogP contribution < -0.4 is 0 Å². The molecule has 2 heterocycles. The molecule has 6 rings (SSSR count). The van der Waals surface area contributed by atoms with Gasteiger partial charge in [-0.15, -0.1) is 25.5 Å². The van der Waals surface area contributed by atoms with Crippen LogP contribution in [0.2, 0.25) is 0 Å². The van der Waals surface area contributed by atoms with Crippen molar-refractivity contribution in [3.63, 3.8) is 0 Å². The van der Waals surface area contributed by atoms with Crippen molar-refractivity contribution in [2.24, 2.45) is 16.1 Å². The Morgan fingerprint density at radius 2 is 1.50 bits per heavy atom. The van der Waals surface area contributed by atoms with E-state index < -0.39 is 0 Å². The molecule has 4 aliphatic carbocycles. The van der Waals surface area contributed by atoms with E-state index in [0.717, 1.165) is 19.3 Å². The molecular formula is C17H23N9. The van der Waals surface area contributed by atoms with Crippen molar-refractivity contribution in [2.75, 3.05) is 7.05 Å². The molecule has 0 spiro atoms. The monoisotopic (exact) mass is 353 g/mol. The zero-order chi connectivity index (χ0) is 17.8. The highest BCUT2D eigenvalue weighted by Crippen LogP contribution is 2.65. The van der Waals surface area contributed by atoms with Gasteiger partial charge >= 0.3 is 0 Å². The molecule has 9 heteroatoms. The summed E-state index contributed by atoms with van der Waals surface area (Å²) in [6.45, 7) is 3.47. The van der Waals surface area contributed by atoms with E-state index in [1.54, 1.807) is 0 Å². The summed E-state index contributed by atoms with van der Waals surface area (Å²) in [4.78, 5) is 2.25. The van der Waals surface area contributed by atoms with Gasteiger partial charge in [0.2, 0.25) is 0 Å². The summed E-state index contributed by atoms with van der Waals surface area (Å²) in [5, 5.41) is 24.1. The highest BCUT2D eigenvalue weighted by atomic mass is 15.3. The van der Waals surface area contributed by atoms with Gasteiger partial charge in [-0.3, -0.25) is 0 Å². The Bertz CT molecular complexity index is 774. The Morgan fingerprint density at radius 3 is 2.00 bits per heavy atom. The number of hydrogen-bond donors (Lipinski definition) is 0. The maximum atomic E-state index is 4.10. The molecule has 2 unspecified atom stereocenters. The first kappa shape index (κ1) is 15.7. The van der Waals surface area contributed by atoms with Crippen molar-refractivity contribution >= 4 is 13.1 Å². The third-order valence-electron chi connectivity index (χ3n) is 6.97. The lowest BCUT2D eigenvalue weighted by Crippen LogP contribution is -2.70. The second-order valence-corrected chi connectivity index (χ2v) is 8.40. The molecule has 4 saturated carbocycles. The molecule has 0 radical (unpaired) electrons. The second kappa shape index (κ2) is 5.21. The summed E-state index contributed by atoms with van der Waals surface area (Å²) in [5.41, 5.74) is 0.0376. The van der Waals surface area contributed by atoms with Crippen LogP contribution in [0.5, 0.6) is 0 Å². The van der Waals surface area contributed by atoms with Gasteiger partial charge in [-0.25, -0.2) is 0 Å². The van der Waals surface area contributed by atoms with Crippen LogP contribution in [0.3, 0.4) is 0 Å². The van der Waals surface area contributed by atoms with Crippen LogP contribution in [0, 0.1) is 5.92 Å². The van der Waals surface area contributed by atoms with E-state index in [-0.39, 0.29) is 16.6 Å². The average Bonchev–Trinajstić information content (AvgIpc) is 3.32. The molecule has 136 valence electrons. The van der Waals surface area contributed by atoms with Gasteiger partial charge in [0.25, 0.3) is 0 Å². The molecule has 26 heavy (non-hydrogen) atoms. The average molecular weight is 353 g/mol. The molecule has 0 aliphatic heterocycles. The minimum atomic E-state index is 0.0108. The summed E-state index contributed by atoms with van der Waals surface area (Å²) in [7, 11) is 2.11. The van der Waals surface area contributed by atoms with Crippen LogP contribution in [-0.2, 0) is 11.1 Å². The Labute approximate surface area is 151 Å². The van der Waals surface area contributed by atoms with Crippen molar-refractivity contribution in [2.45, 2.75) is 55.1 Å². The van der Waals surface area contributed by atoms with E-state index in [2.05, 4.69) is 58.4 Å². The molecule has 9 nitrogen and oxygen atoms in total. The lowest BCUT2D eigenvalue weighted by atomic mass is 9.46. The molecule has 4 bridgehead atoms. The molecule has 2 atom stereocenters. The summed E-state index contributed by atoms with van der Waals surface area (Å²) < 4.78 is 4.48. The standard InChI is InChI=1S/C17H23N9/c1-18-19-9-24(2)15-3-14-4-16(6-15,25-10-20-21-11-25)8-17(5-14,7-15)26-12-22-23-13-26/h9-14H,1,3-8H2,2H3/b19-9-. The first-order chi connectivity index (χ1) is 12.6. The number of nitrogens with zero attached hydrogens (tertiary/aromatic N) is 9. The highest BCUT2D eigenvalue weighted by molar-refractivity contribution is 5.56. The largest absolute Gasteiger partial charge is 0.358 e. The van der Waals surface area contributed by atoms with E-state index in [0.29, 0.717) is 5.92 Å². The first-order valence-electron chi connectivity index (χ1n) is 9.02. The van der Waals surface area contributed by atoms with Crippen molar-refractivity contribution in [1.29, 1.82) is 0 Å². The second-order valence-electron chi connectivity index (χ2n) is 8.40. The van der Waals surface area contributed by atoms with Gasteiger partial charge < -0.3 is 14.0 Å². The summed E-state index contributed by atoms with van der Waals surface area (Å²) in [5.74, 6) is 0.628. The molecule has 4 fully saturated rings. The third-order valence-corrected chi connectivity index (χ3v) is 6.97. The number of hydrogen-bond acceptors (Lipinski definition) is 6. The number of rotatable bonds is 5.